The van der Waals surface area contributed by atoms with Gasteiger partial charge in [0.25, 0.3) is 0 Å². The number of hydrogen-bond acceptors (Lipinski definition) is 4. The van der Waals surface area contributed by atoms with Gasteiger partial charge in [0.1, 0.15) is 16.7 Å². The van der Waals surface area contributed by atoms with Crippen LogP contribution in [0.25, 0.3) is 0 Å². The van der Waals surface area contributed by atoms with Crippen LogP contribution in [0.1, 0.15) is 11.1 Å². The molecule has 1 aliphatic rings. The summed E-state index contributed by atoms with van der Waals surface area (Å²) in [6, 6.07) is 15.8. The maximum atomic E-state index is 12.9. The summed E-state index contributed by atoms with van der Waals surface area (Å²) in [5.41, 5.74) is 2.14. The van der Waals surface area contributed by atoms with Gasteiger partial charge < -0.3 is 4.74 Å². The molecular formula is C21H18BrNO2S2. The number of rotatable bonds is 7. The number of carbonyl (C=O) groups is 1. The molecule has 0 bridgehead atoms. The zero-order valence-electron chi connectivity index (χ0n) is 14.6. The highest BCUT2D eigenvalue weighted by molar-refractivity contribution is 9.10. The number of nitrogens with zero attached hydrogens (tertiary/aromatic N) is 1. The van der Waals surface area contributed by atoms with Gasteiger partial charge in [-0.25, -0.2) is 0 Å². The molecule has 1 heterocycles. The van der Waals surface area contributed by atoms with Crippen molar-refractivity contribution in [1.29, 1.82) is 0 Å². The van der Waals surface area contributed by atoms with E-state index in [9.17, 15) is 4.79 Å². The van der Waals surface area contributed by atoms with Crippen LogP contribution in [0.15, 0.2) is 53.0 Å². The molecule has 3 rings (SSSR count). The van der Waals surface area contributed by atoms with Crippen LogP contribution < -0.4 is 4.74 Å². The molecule has 0 spiro atoms. The average molecular weight is 460 g/mol. The van der Waals surface area contributed by atoms with Crippen molar-refractivity contribution in [1.82, 2.24) is 4.90 Å². The third-order valence-electron chi connectivity index (χ3n) is 4.21. The molecule has 2 aromatic rings. The first-order chi connectivity index (χ1) is 13.1. The summed E-state index contributed by atoms with van der Waals surface area (Å²) >= 11 is 10.4. The van der Waals surface area contributed by atoms with E-state index in [0.717, 1.165) is 16.5 Å². The third kappa shape index (κ3) is 5.13. The predicted octanol–water partition coefficient (Wildman–Crippen LogP) is 4.48. The molecule has 0 unspecified atom stereocenters. The second kappa shape index (κ2) is 9.41. The Hall–Kier alpha value is -1.81. The molecule has 2 aromatic carbocycles. The fourth-order valence-corrected chi connectivity index (χ4v) is 4.86. The summed E-state index contributed by atoms with van der Waals surface area (Å²) in [7, 11) is 0. The monoisotopic (exact) mass is 459 g/mol. The number of thiocarbonyl (C=S) groups is 1. The summed E-state index contributed by atoms with van der Waals surface area (Å²) in [6.45, 7) is 0.798. The summed E-state index contributed by atoms with van der Waals surface area (Å²) in [5.74, 6) is 3.24. The molecule has 0 N–H and O–H groups in total. The normalized spacial score (nSPS) is 16.4. The van der Waals surface area contributed by atoms with E-state index in [0.29, 0.717) is 23.0 Å². The second-order valence-corrected chi connectivity index (χ2v) is 8.80. The van der Waals surface area contributed by atoms with Crippen molar-refractivity contribution >= 4 is 50.1 Å². The molecule has 1 fully saturated rings. The van der Waals surface area contributed by atoms with Crippen LogP contribution in [0.3, 0.4) is 0 Å². The lowest BCUT2D eigenvalue weighted by atomic mass is 10.1. The van der Waals surface area contributed by atoms with Crippen LogP contribution in [0.4, 0.5) is 0 Å². The number of terminal acetylenes is 1. The minimum absolute atomic E-state index is 0.0591. The minimum atomic E-state index is -0.240. The second-order valence-electron chi connectivity index (χ2n) is 6.05. The molecule has 1 aliphatic heterocycles. The number of benzene rings is 2. The van der Waals surface area contributed by atoms with Gasteiger partial charge in [-0.3, -0.25) is 9.69 Å². The zero-order valence-corrected chi connectivity index (χ0v) is 17.8. The third-order valence-corrected chi connectivity index (χ3v) is 6.29. The number of carbonyl (C=O) groups excluding carboxylic acids is 1. The molecule has 1 amide bonds. The molecule has 1 saturated heterocycles. The number of thioether (sulfide) groups is 1. The molecule has 27 heavy (non-hydrogen) atoms. The van der Waals surface area contributed by atoms with Gasteiger partial charge in [0, 0.05) is 11.0 Å². The maximum Gasteiger partial charge on any atom is 0.241 e. The Labute approximate surface area is 177 Å². The van der Waals surface area contributed by atoms with Crippen LogP contribution in [-0.2, 0) is 17.6 Å². The summed E-state index contributed by atoms with van der Waals surface area (Å²) in [6.07, 6.45) is 6.62. The number of ether oxygens (including phenoxy) is 1. The van der Waals surface area contributed by atoms with E-state index < -0.39 is 0 Å². The molecule has 0 aliphatic carbocycles. The highest BCUT2D eigenvalue weighted by Gasteiger charge is 2.37. The van der Waals surface area contributed by atoms with Crippen molar-refractivity contribution in [2.45, 2.75) is 18.1 Å². The van der Waals surface area contributed by atoms with E-state index in [2.05, 4.69) is 34.0 Å². The lowest BCUT2D eigenvalue weighted by Crippen LogP contribution is -2.33. The fraction of sp³-hybridized carbons (Fsp3) is 0.238. The van der Waals surface area contributed by atoms with Gasteiger partial charge in [-0.05, 0) is 42.2 Å². The highest BCUT2D eigenvalue weighted by Crippen LogP contribution is 2.33. The van der Waals surface area contributed by atoms with E-state index in [4.69, 9.17) is 23.4 Å². The Morgan fingerprint density at radius 1 is 1.26 bits per heavy atom. The van der Waals surface area contributed by atoms with Crippen molar-refractivity contribution in [3.8, 4) is 18.1 Å². The first kappa shape index (κ1) is 19.9. The average Bonchev–Trinajstić information content (AvgIpc) is 2.93. The Morgan fingerprint density at radius 3 is 2.78 bits per heavy atom. The van der Waals surface area contributed by atoms with E-state index in [1.165, 1.54) is 17.3 Å². The van der Waals surface area contributed by atoms with Gasteiger partial charge in [0.15, 0.2) is 0 Å². The van der Waals surface area contributed by atoms with E-state index in [-0.39, 0.29) is 17.8 Å². The van der Waals surface area contributed by atoms with Crippen LogP contribution in [0.2, 0.25) is 0 Å². The van der Waals surface area contributed by atoms with Crippen LogP contribution in [0.5, 0.6) is 5.75 Å². The van der Waals surface area contributed by atoms with Gasteiger partial charge >= 0.3 is 0 Å². The van der Waals surface area contributed by atoms with Crippen molar-refractivity contribution in [3.05, 3.63) is 64.1 Å². The van der Waals surface area contributed by atoms with Crippen LogP contribution in [0, 0.1) is 12.3 Å². The summed E-state index contributed by atoms with van der Waals surface area (Å²) in [4.78, 5) is 14.6. The summed E-state index contributed by atoms with van der Waals surface area (Å²) < 4.78 is 7.20. The van der Waals surface area contributed by atoms with Gasteiger partial charge in [0.2, 0.25) is 5.91 Å². The zero-order chi connectivity index (χ0) is 19.2. The number of amides is 1. The quantitative estimate of drug-likeness (QED) is 0.451. The molecule has 0 saturated carbocycles. The SMILES string of the molecule is C#CCOc1ccc(Br)cc1C[C@@H]1SC(=S)N(CCc2ccccc2)C1=O. The number of hydrogen-bond donors (Lipinski definition) is 0. The van der Waals surface area contributed by atoms with Gasteiger partial charge in [-0.2, -0.15) is 0 Å². The van der Waals surface area contributed by atoms with E-state index in [1.54, 1.807) is 4.90 Å². The fourth-order valence-electron chi connectivity index (χ4n) is 2.88. The van der Waals surface area contributed by atoms with Crippen molar-refractivity contribution in [2.75, 3.05) is 13.2 Å². The van der Waals surface area contributed by atoms with Crippen molar-refractivity contribution < 1.29 is 9.53 Å². The van der Waals surface area contributed by atoms with Gasteiger partial charge in [-0.1, -0.05) is 76.2 Å². The van der Waals surface area contributed by atoms with Crippen molar-refractivity contribution in [3.63, 3.8) is 0 Å². The van der Waals surface area contributed by atoms with Gasteiger partial charge in [0.05, 0.1) is 5.25 Å². The Bertz CT molecular complexity index is 879. The lowest BCUT2D eigenvalue weighted by Gasteiger charge is -2.16. The molecule has 138 valence electrons. The Morgan fingerprint density at radius 2 is 2.04 bits per heavy atom. The standard InChI is InChI=1S/C21H18BrNO2S2/c1-2-12-25-18-9-8-17(22)13-16(18)14-19-20(24)23(21(26)27-19)11-10-15-6-4-3-5-7-15/h1,3-9,13,19H,10-12,14H2/t19-/m0/s1. The molecule has 0 radical (unpaired) electrons. The molecular weight excluding hydrogens is 442 g/mol. The minimum Gasteiger partial charge on any atom is -0.481 e. The summed E-state index contributed by atoms with van der Waals surface area (Å²) in [5, 5.41) is -0.240. The number of halogens is 1. The van der Waals surface area contributed by atoms with Crippen LogP contribution in [-0.4, -0.2) is 33.5 Å². The largest absolute Gasteiger partial charge is 0.481 e. The van der Waals surface area contributed by atoms with E-state index >= 15 is 0 Å². The van der Waals surface area contributed by atoms with E-state index in [1.807, 2.05) is 36.4 Å². The van der Waals surface area contributed by atoms with Crippen LogP contribution >= 0.6 is 39.9 Å². The lowest BCUT2D eigenvalue weighted by molar-refractivity contribution is -0.126. The Balaban J connectivity index is 1.68. The predicted molar refractivity (Wildman–Crippen MR) is 118 cm³/mol. The molecule has 0 aromatic heterocycles. The first-order valence-electron chi connectivity index (χ1n) is 8.49. The molecule has 3 nitrogen and oxygen atoms in total. The molecule has 1 atom stereocenters. The molecule has 6 heteroatoms. The van der Waals surface area contributed by atoms with Gasteiger partial charge in [-0.15, -0.1) is 6.42 Å². The smallest absolute Gasteiger partial charge is 0.241 e. The first-order valence-corrected chi connectivity index (χ1v) is 10.6. The maximum absolute atomic E-state index is 12.9. The Kier molecular flexibility index (Phi) is 6.95. The highest BCUT2D eigenvalue weighted by atomic mass is 79.9. The van der Waals surface area contributed by atoms with Crippen molar-refractivity contribution in [2.24, 2.45) is 0 Å². The topological polar surface area (TPSA) is 29.5 Å².